The highest BCUT2D eigenvalue weighted by Crippen LogP contribution is 2.20. The minimum atomic E-state index is -1.13. The predicted octanol–water partition coefficient (Wildman–Crippen LogP) is -1.55. The standard InChI is InChI=1S/C10H18N2O5/c11-7(5-8(14)15)9(16)12-10(6-13)1-3-17-4-2-10/h7,13H,1-6,11H2,(H,12,16)(H,14,15). The van der Waals surface area contributed by atoms with Gasteiger partial charge in [0.15, 0.2) is 0 Å². The summed E-state index contributed by atoms with van der Waals surface area (Å²) in [5, 5.41) is 20.5. The van der Waals surface area contributed by atoms with Crippen molar-refractivity contribution in [2.24, 2.45) is 5.73 Å². The molecule has 0 aromatic rings. The van der Waals surface area contributed by atoms with Crippen LogP contribution in [0.25, 0.3) is 0 Å². The summed E-state index contributed by atoms with van der Waals surface area (Å²) in [4.78, 5) is 22.1. The second-order valence-electron chi connectivity index (χ2n) is 4.24. The van der Waals surface area contributed by atoms with Crippen molar-refractivity contribution in [3.8, 4) is 0 Å². The van der Waals surface area contributed by atoms with Crippen LogP contribution < -0.4 is 11.1 Å². The summed E-state index contributed by atoms with van der Waals surface area (Å²) in [5.41, 5.74) is 4.71. The Hall–Kier alpha value is -1.18. The average molecular weight is 246 g/mol. The van der Waals surface area contributed by atoms with E-state index in [1.165, 1.54) is 0 Å². The number of carboxylic acid groups (broad SMARTS) is 1. The molecular weight excluding hydrogens is 228 g/mol. The highest BCUT2D eigenvalue weighted by molar-refractivity contribution is 5.86. The summed E-state index contributed by atoms with van der Waals surface area (Å²) in [6.07, 6.45) is 0.563. The number of amides is 1. The molecular formula is C10H18N2O5. The van der Waals surface area contributed by atoms with Gasteiger partial charge in [-0.3, -0.25) is 9.59 Å². The molecule has 7 heteroatoms. The Kier molecular flexibility index (Phi) is 4.86. The first-order chi connectivity index (χ1) is 7.99. The Morgan fingerprint density at radius 1 is 1.41 bits per heavy atom. The lowest BCUT2D eigenvalue weighted by atomic mass is 9.90. The number of ether oxygens (including phenoxy) is 1. The molecule has 1 fully saturated rings. The smallest absolute Gasteiger partial charge is 0.305 e. The lowest BCUT2D eigenvalue weighted by Gasteiger charge is -2.36. The molecule has 1 atom stereocenters. The number of nitrogens with two attached hydrogens (primary N) is 1. The zero-order chi connectivity index (χ0) is 12.9. The summed E-state index contributed by atoms with van der Waals surface area (Å²) >= 11 is 0. The number of aliphatic hydroxyl groups is 1. The number of aliphatic hydroxyl groups excluding tert-OH is 1. The normalized spacial score (nSPS) is 20.6. The van der Waals surface area contributed by atoms with Gasteiger partial charge in [0, 0.05) is 13.2 Å². The van der Waals surface area contributed by atoms with Gasteiger partial charge in [-0.25, -0.2) is 0 Å². The van der Waals surface area contributed by atoms with E-state index >= 15 is 0 Å². The van der Waals surface area contributed by atoms with Crippen LogP contribution in [-0.2, 0) is 14.3 Å². The van der Waals surface area contributed by atoms with Crippen LogP contribution in [0.1, 0.15) is 19.3 Å². The van der Waals surface area contributed by atoms with E-state index in [0.29, 0.717) is 26.1 Å². The van der Waals surface area contributed by atoms with Gasteiger partial charge < -0.3 is 26.0 Å². The van der Waals surface area contributed by atoms with E-state index in [2.05, 4.69) is 5.32 Å². The van der Waals surface area contributed by atoms with Crippen LogP contribution in [0, 0.1) is 0 Å². The predicted molar refractivity (Wildman–Crippen MR) is 58.2 cm³/mol. The first kappa shape index (κ1) is 13.9. The molecule has 0 aromatic carbocycles. The number of aliphatic carboxylic acids is 1. The van der Waals surface area contributed by atoms with Crippen molar-refractivity contribution in [2.45, 2.75) is 30.8 Å². The summed E-state index contributed by atoms with van der Waals surface area (Å²) in [6.45, 7) is 0.700. The Morgan fingerprint density at radius 3 is 2.47 bits per heavy atom. The van der Waals surface area contributed by atoms with Crippen molar-refractivity contribution < 1.29 is 24.5 Å². The molecule has 1 unspecified atom stereocenters. The van der Waals surface area contributed by atoms with Crippen molar-refractivity contribution in [3.05, 3.63) is 0 Å². The molecule has 1 amide bonds. The number of hydrogen-bond acceptors (Lipinski definition) is 5. The van der Waals surface area contributed by atoms with E-state index in [4.69, 9.17) is 15.6 Å². The second-order valence-corrected chi connectivity index (χ2v) is 4.24. The van der Waals surface area contributed by atoms with Gasteiger partial charge >= 0.3 is 5.97 Å². The molecule has 1 aliphatic rings. The van der Waals surface area contributed by atoms with E-state index in [9.17, 15) is 14.7 Å². The van der Waals surface area contributed by atoms with Gasteiger partial charge in [-0.1, -0.05) is 0 Å². The minimum absolute atomic E-state index is 0.206. The first-order valence-corrected chi connectivity index (χ1v) is 5.47. The number of hydrogen-bond donors (Lipinski definition) is 4. The van der Waals surface area contributed by atoms with Crippen LogP contribution in [0.3, 0.4) is 0 Å². The Morgan fingerprint density at radius 2 is 2.00 bits per heavy atom. The molecule has 17 heavy (non-hydrogen) atoms. The fourth-order valence-corrected chi connectivity index (χ4v) is 1.72. The van der Waals surface area contributed by atoms with E-state index in [1.54, 1.807) is 0 Å². The molecule has 0 saturated carbocycles. The molecule has 0 bridgehead atoms. The largest absolute Gasteiger partial charge is 0.481 e. The SMILES string of the molecule is NC(CC(=O)O)C(=O)NC1(CO)CCOCC1. The van der Waals surface area contributed by atoms with E-state index in [-0.39, 0.29) is 6.61 Å². The number of carboxylic acids is 1. The molecule has 5 N–H and O–H groups in total. The second kappa shape index (κ2) is 5.95. The third kappa shape index (κ3) is 3.95. The fraction of sp³-hybridized carbons (Fsp3) is 0.800. The Balaban J connectivity index is 2.55. The van der Waals surface area contributed by atoms with Crippen LogP contribution in [-0.4, -0.2) is 53.5 Å². The first-order valence-electron chi connectivity index (χ1n) is 5.47. The average Bonchev–Trinajstić information content (AvgIpc) is 2.29. The van der Waals surface area contributed by atoms with Gasteiger partial charge in [0.2, 0.25) is 5.91 Å². The molecule has 0 spiro atoms. The maximum Gasteiger partial charge on any atom is 0.305 e. The van der Waals surface area contributed by atoms with Crippen LogP contribution in [0.2, 0.25) is 0 Å². The van der Waals surface area contributed by atoms with Crippen LogP contribution >= 0.6 is 0 Å². The minimum Gasteiger partial charge on any atom is -0.481 e. The summed E-state index contributed by atoms with van der Waals surface area (Å²) in [6, 6.07) is -1.10. The maximum atomic E-state index is 11.7. The van der Waals surface area contributed by atoms with Crippen molar-refractivity contribution in [2.75, 3.05) is 19.8 Å². The van der Waals surface area contributed by atoms with Crippen LogP contribution in [0.15, 0.2) is 0 Å². The summed E-state index contributed by atoms with van der Waals surface area (Å²) in [5.74, 6) is -1.68. The molecule has 0 aromatic heterocycles. The van der Waals surface area contributed by atoms with Crippen molar-refractivity contribution in [1.82, 2.24) is 5.32 Å². The maximum absolute atomic E-state index is 11.7. The van der Waals surface area contributed by atoms with Gasteiger partial charge in [-0.2, -0.15) is 0 Å². The summed E-state index contributed by atoms with van der Waals surface area (Å²) in [7, 11) is 0. The van der Waals surface area contributed by atoms with Crippen molar-refractivity contribution in [1.29, 1.82) is 0 Å². The molecule has 0 radical (unpaired) electrons. The van der Waals surface area contributed by atoms with E-state index in [0.717, 1.165) is 0 Å². The number of rotatable bonds is 5. The summed E-state index contributed by atoms with van der Waals surface area (Å²) < 4.78 is 5.15. The molecule has 1 saturated heterocycles. The Bertz CT molecular complexity index is 288. The molecule has 98 valence electrons. The molecule has 0 aliphatic carbocycles. The van der Waals surface area contributed by atoms with E-state index in [1.807, 2.05) is 0 Å². The number of carbonyl (C=O) groups is 2. The van der Waals surface area contributed by atoms with Gasteiger partial charge in [-0.15, -0.1) is 0 Å². The monoisotopic (exact) mass is 246 g/mol. The number of carbonyl (C=O) groups excluding carboxylic acids is 1. The molecule has 7 nitrogen and oxygen atoms in total. The zero-order valence-corrected chi connectivity index (χ0v) is 9.52. The molecule has 1 heterocycles. The number of nitrogens with one attached hydrogen (secondary N) is 1. The van der Waals surface area contributed by atoms with Gasteiger partial charge in [0.05, 0.1) is 24.6 Å². The van der Waals surface area contributed by atoms with Crippen molar-refractivity contribution >= 4 is 11.9 Å². The highest BCUT2D eigenvalue weighted by atomic mass is 16.5. The van der Waals surface area contributed by atoms with Crippen LogP contribution in [0.4, 0.5) is 0 Å². The zero-order valence-electron chi connectivity index (χ0n) is 9.52. The topological polar surface area (TPSA) is 122 Å². The van der Waals surface area contributed by atoms with Gasteiger partial charge in [0.25, 0.3) is 0 Å². The quantitative estimate of drug-likeness (QED) is 0.465. The lowest BCUT2D eigenvalue weighted by Crippen LogP contribution is -2.58. The molecule has 1 aliphatic heterocycles. The highest BCUT2D eigenvalue weighted by Gasteiger charge is 2.35. The lowest BCUT2D eigenvalue weighted by molar-refractivity contribution is -0.140. The molecule has 1 rings (SSSR count). The van der Waals surface area contributed by atoms with Crippen LogP contribution in [0.5, 0.6) is 0 Å². The van der Waals surface area contributed by atoms with E-state index < -0.39 is 29.9 Å². The van der Waals surface area contributed by atoms with Crippen molar-refractivity contribution in [3.63, 3.8) is 0 Å². The fourth-order valence-electron chi connectivity index (χ4n) is 1.72. The third-order valence-electron chi connectivity index (χ3n) is 2.87. The van der Waals surface area contributed by atoms with Gasteiger partial charge in [-0.05, 0) is 12.8 Å². The third-order valence-corrected chi connectivity index (χ3v) is 2.87. The van der Waals surface area contributed by atoms with Gasteiger partial charge in [0.1, 0.15) is 0 Å². The Labute approximate surface area is 98.9 Å².